The molecule has 2 saturated carbocycles. The first-order valence-corrected chi connectivity index (χ1v) is 7.12. The zero-order valence-electron chi connectivity index (χ0n) is 11.4. The average Bonchev–Trinajstić information content (AvgIpc) is 3.27. The second-order valence-corrected chi connectivity index (χ2v) is 5.99. The number of anilines is 1. The van der Waals surface area contributed by atoms with Crippen LogP contribution in [0.1, 0.15) is 31.7 Å². The van der Waals surface area contributed by atoms with Crippen LogP contribution >= 0.6 is 0 Å². The molecule has 2 aliphatic carbocycles. The van der Waals surface area contributed by atoms with Gasteiger partial charge in [-0.15, -0.1) is 0 Å². The van der Waals surface area contributed by atoms with Crippen molar-refractivity contribution in [2.24, 2.45) is 11.8 Å². The summed E-state index contributed by atoms with van der Waals surface area (Å²) in [5.41, 5.74) is 1.33. The topological polar surface area (TPSA) is 28.2 Å². The van der Waals surface area contributed by atoms with E-state index >= 15 is 0 Å². The monoisotopic (exact) mass is 245 g/mol. The molecule has 3 heteroatoms. The number of rotatable bonds is 6. The third-order valence-electron chi connectivity index (χ3n) is 4.17. The molecule has 0 bridgehead atoms. The summed E-state index contributed by atoms with van der Waals surface area (Å²) in [4.78, 5) is 6.90. The first kappa shape index (κ1) is 12.0. The van der Waals surface area contributed by atoms with Crippen molar-refractivity contribution in [2.45, 2.75) is 38.8 Å². The molecule has 0 aliphatic heterocycles. The highest BCUT2D eigenvalue weighted by Gasteiger charge is 2.33. The van der Waals surface area contributed by atoms with Gasteiger partial charge < -0.3 is 10.2 Å². The number of aromatic nitrogens is 1. The van der Waals surface area contributed by atoms with Crippen molar-refractivity contribution in [1.29, 1.82) is 0 Å². The Morgan fingerprint density at radius 2 is 2.22 bits per heavy atom. The zero-order chi connectivity index (χ0) is 12.5. The second-order valence-electron chi connectivity index (χ2n) is 5.99. The van der Waals surface area contributed by atoms with Crippen molar-refractivity contribution < 1.29 is 0 Å². The predicted molar refractivity (Wildman–Crippen MR) is 74.6 cm³/mol. The Hall–Kier alpha value is -1.09. The highest BCUT2D eigenvalue weighted by atomic mass is 15.2. The lowest BCUT2D eigenvalue weighted by Crippen LogP contribution is -2.25. The number of nitrogens with one attached hydrogen (secondary N) is 1. The molecule has 1 aromatic rings. The summed E-state index contributed by atoms with van der Waals surface area (Å²) in [7, 11) is 2.17. The summed E-state index contributed by atoms with van der Waals surface area (Å²) in [5.74, 6) is 2.94. The van der Waals surface area contributed by atoms with Crippen molar-refractivity contribution in [3.8, 4) is 0 Å². The molecule has 2 atom stereocenters. The SMILES string of the molecule is CC1CC1CN(C)c1ncccc1CNC1CC1. The van der Waals surface area contributed by atoms with Crippen LogP contribution in [0.3, 0.4) is 0 Å². The molecule has 0 saturated heterocycles. The van der Waals surface area contributed by atoms with Gasteiger partial charge in [-0.25, -0.2) is 4.98 Å². The summed E-state index contributed by atoms with van der Waals surface area (Å²) in [6.45, 7) is 4.44. The van der Waals surface area contributed by atoms with E-state index in [2.05, 4.69) is 35.2 Å². The van der Waals surface area contributed by atoms with E-state index in [1.54, 1.807) is 0 Å². The van der Waals surface area contributed by atoms with Gasteiger partial charge in [0.2, 0.25) is 0 Å². The molecular weight excluding hydrogens is 222 g/mol. The molecule has 2 aliphatic rings. The summed E-state index contributed by atoms with van der Waals surface area (Å²) in [6.07, 6.45) is 5.96. The molecule has 2 unspecified atom stereocenters. The summed E-state index contributed by atoms with van der Waals surface area (Å²) in [5, 5.41) is 3.58. The largest absolute Gasteiger partial charge is 0.359 e. The molecule has 1 heterocycles. The number of hydrogen-bond donors (Lipinski definition) is 1. The van der Waals surface area contributed by atoms with Crippen LogP contribution in [-0.2, 0) is 6.54 Å². The van der Waals surface area contributed by atoms with Gasteiger partial charge in [0, 0.05) is 37.9 Å². The van der Waals surface area contributed by atoms with E-state index < -0.39 is 0 Å². The molecule has 98 valence electrons. The molecule has 0 amide bonds. The van der Waals surface area contributed by atoms with Crippen molar-refractivity contribution in [3.05, 3.63) is 23.9 Å². The van der Waals surface area contributed by atoms with Crippen LogP contribution in [0.15, 0.2) is 18.3 Å². The average molecular weight is 245 g/mol. The first-order chi connectivity index (χ1) is 8.74. The van der Waals surface area contributed by atoms with Crippen LogP contribution in [0.5, 0.6) is 0 Å². The maximum absolute atomic E-state index is 4.57. The Morgan fingerprint density at radius 3 is 2.89 bits per heavy atom. The fourth-order valence-corrected chi connectivity index (χ4v) is 2.55. The van der Waals surface area contributed by atoms with Crippen LogP contribution in [-0.4, -0.2) is 24.6 Å². The Morgan fingerprint density at radius 1 is 1.44 bits per heavy atom. The van der Waals surface area contributed by atoms with Gasteiger partial charge in [0.05, 0.1) is 0 Å². The Kier molecular flexibility index (Phi) is 3.25. The molecule has 2 fully saturated rings. The van der Waals surface area contributed by atoms with Crippen LogP contribution in [0.25, 0.3) is 0 Å². The Balaban J connectivity index is 1.64. The fourth-order valence-electron chi connectivity index (χ4n) is 2.55. The van der Waals surface area contributed by atoms with Crippen LogP contribution in [0.2, 0.25) is 0 Å². The minimum absolute atomic E-state index is 0.756. The van der Waals surface area contributed by atoms with Crippen LogP contribution in [0, 0.1) is 11.8 Å². The number of nitrogens with zero attached hydrogens (tertiary/aromatic N) is 2. The van der Waals surface area contributed by atoms with E-state index in [1.807, 2.05) is 12.3 Å². The quantitative estimate of drug-likeness (QED) is 0.834. The molecule has 0 spiro atoms. The van der Waals surface area contributed by atoms with Gasteiger partial charge in [-0.2, -0.15) is 0 Å². The number of pyridine rings is 1. The first-order valence-electron chi connectivity index (χ1n) is 7.12. The van der Waals surface area contributed by atoms with Gasteiger partial charge >= 0.3 is 0 Å². The lowest BCUT2D eigenvalue weighted by Gasteiger charge is -2.21. The summed E-state index contributed by atoms with van der Waals surface area (Å²) in [6, 6.07) is 5.00. The standard InChI is InChI=1S/C15H23N3/c1-11-8-13(11)10-18(2)15-12(4-3-7-16-15)9-17-14-5-6-14/h3-4,7,11,13-14,17H,5-6,8-10H2,1-2H3. The molecular formula is C15H23N3. The van der Waals surface area contributed by atoms with Crippen molar-refractivity contribution in [2.75, 3.05) is 18.5 Å². The predicted octanol–water partition coefficient (Wildman–Crippen LogP) is 2.43. The maximum atomic E-state index is 4.57. The van der Waals surface area contributed by atoms with E-state index in [9.17, 15) is 0 Å². The van der Waals surface area contributed by atoms with Gasteiger partial charge in [0.1, 0.15) is 5.82 Å². The molecule has 18 heavy (non-hydrogen) atoms. The van der Waals surface area contributed by atoms with Gasteiger partial charge in [-0.1, -0.05) is 13.0 Å². The summed E-state index contributed by atoms with van der Waals surface area (Å²) < 4.78 is 0. The third-order valence-corrected chi connectivity index (χ3v) is 4.17. The van der Waals surface area contributed by atoms with Gasteiger partial charge in [-0.05, 0) is 37.2 Å². The lowest BCUT2D eigenvalue weighted by atomic mass is 10.2. The van der Waals surface area contributed by atoms with E-state index in [-0.39, 0.29) is 0 Å². The molecule has 3 nitrogen and oxygen atoms in total. The molecule has 3 rings (SSSR count). The van der Waals surface area contributed by atoms with Crippen LogP contribution < -0.4 is 10.2 Å². The number of hydrogen-bond acceptors (Lipinski definition) is 3. The van der Waals surface area contributed by atoms with E-state index in [0.29, 0.717) is 0 Å². The smallest absolute Gasteiger partial charge is 0.132 e. The lowest BCUT2D eigenvalue weighted by molar-refractivity contribution is 0.675. The Bertz CT molecular complexity index is 414. The fraction of sp³-hybridized carbons (Fsp3) is 0.667. The minimum Gasteiger partial charge on any atom is -0.359 e. The van der Waals surface area contributed by atoms with E-state index in [1.165, 1.54) is 24.8 Å². The Labute approximate surface area is 110 Å². The van der Waals surface area contributed by atoms with E-state index in [0.717, 1.165) is 36.8 Å². The van der Waals surface area contributed by atoms with Crippen molar-refractivity contribution in [3.63, 3.8) is 0 Å². The van der Waals surface area contributed by atoms with E-state index in [4.69, 9.17) is 0 Å². The summed E-state index contributed by atoms with van der Waals surface area (Å²) >= 11 is 0. The minimum atomic E-state index is 0.756. The highest BCUT2D eigenvalue weighted by Crippen LogP contribution is 2.38. The van der Waals surface area contributed by atoms with Crippen molar-refractivity contribution in [1.82, 2.24) is 10.3 Å². The zero-order valence-corrected chi connectivity index (χ0v) is 11.4. The maximum Gasteiger partial charge on any atom is 0.132 e. The van der Waals surface area contributed by atoms with Gasteiger partial charge in [0.15, 0.2) is 0 Å². The van der Waals surface area contributed by atoms with Crippen molar-refractivity contribution >= 4 is 5.82 Å². The molecule has 1 aromatic heterocycles. The molecule has 0 aromatic carbocycles. The third kappa shape index (κ3) is 2.83. The van der Waals surface area contributed by atoms with Gasteiger partial charge in [-0.3, -0.25) is 0 Å². The normalized spacial score (nSPS) is 26.1. The second kappa shape index (κ2) is 4.88. The van der Waals surface area contributed by atoms with Gasteiger partial charge in [0.25, 0.3) is 0 Å². The highest BCUT2D eigenvalue weighted by molar-refractivity contribution is 5.46. The molecule has 1 N–H and O–H groups in total. The van der Waals surface area contributed by atoms with Crippen LogP contribution in [0.4, 0.5) is 5.82 Å². The molecule has 0 radical (unpaired) electrons.